The Morgan fingerprint density at radius 1 is 1.02 bits per heavy atom. The maximum atomic E-state index is 13.7. The predicted octanol–water partition coefficient (Wildman–Crippen LogP) is 2.79. The van der Waals surface area contributed by atoms with Crippen LogP contribution in [0.15, 0.2) is 73.3 Å². The summed E-state index contributed by atoms with van der Waals surface area (Å²) in [4.78, 5) is 27.1. The molecule has 0 aliphatic carbocycles. The molecule has 4 heterocycles. The molecule has 4 atom stereocenters. The van der Waals surface area contributed by atoms with Gasteiger partial charge < -0.3 is 24.6 Å². The Labute approximate surface area is 231 Å². The lowest BCUT2D eigenvalue weighted by Crippen LogP contribution is -2.50. The Bertz CT molecular complexity index is 1440. The molecule has 0 radical (unpaired) electrons. The predicted molar refractivity (Wildman–Crippen MR) is 147 cm³/mol. The van der Waals surface area contributed by atoms with Crippen LogP contribution in [0.4, 0.5) is 5.82 Å². The summed E-state index contributed by atoms with van der Waals surface area (Å²) in [5.41, 5.74) is 3.35. The minimum atomic E-state index is -1.26. The van der Waals surface area contributed by atoms with Crippen LogP contribution in [0.25, 0.3) is 11.2 Å². The van der Waals surface area contributed by atoms with Crippen LogP contribution in [0.1, 0.15) is 37.8 Å². The Balaban J connectivity index is 1.26. The summed E-state index contributed by atoms with van der Waals surface area (Å²) < 4.78 is 18.8. The van der Waals surface area contributed by atoms with Crippen molar-refractivity contribution < 1.29 is 24.1 Å². The summed E-state index contributed by atoms with van der Waals surface area (Å²) >= 11 is 0. The highest BCUT2D eigenvalue weighted by molar-refractivity contribution is 5.93. The number of nitrogens with one attached hydrogen (secondary N) is 1. The number of likely N-dealkylation sites (N-methyl/N-ethyl adjacent to an activating group) is 1. The molecule has 0 unspecified atom stereocenters. The first-order valence-electron chi connectivity index (χ1n) is 13.4. The van der Waals surface area contributed by atoms with Gasteiger partial charge in [0, 0.05) is 19.0 Å². The fourth-order valence-corrected chi connectivity index (χ4v) is 5.46. The largest absolute Gasteiger partial charge is 0.367 e. The van der Waals surface area contributed by atoms with E-state index in [2.05, 4.69) is 44.5 Å². The number of benzene rings is 2. The van der Waals surface area contributed by atoms with Gasteiger partial charge in [-0.1, -0.05) is 60.7 Å². The first kappa shape index (κ1) is 26.3. The minimum Gasteiger partial charge on any atom is -0.367 e. The van der Waals surface area contributed by atoms with Crippen LogP contribution < -0.4 is 10.3 Å². The molecule has 2 aliphatic heterocycles. The summed E-state index contributed by atoms with van der Waals surface area (Å²) in [5.74, 6) is -0.676. The minimum absolute atomic E-state index is 0.0833. The second-order valence-electron chi connectivity index (χ2n) is 10.3. The highest BCUT2D eigenvalue weighted by Gasteiger charge is 2.58. The molecule has 40 heavy (non-hydrogen) atoms. The molecular formula is C29H32N6O5. The number of ether oxygens (including phenoxy) is 3. The van der Waals surface area contributed by atoms with E-state index >= 15 is 0 Å². The van der Waals surface area contributed by atoms with E-state index in [4.69, 9.17) is 14.2 Å². The molecule has 4 aromatic rings. The zero-order valence-electron chi connectivity index (χ0n) is 22.5. The third-order valence-electron chi connectivity index (χ3n) is 7.28. The topological polar surface area (TPSA) is 124 Å². The van der Waals surface area contributed by atoms with Crippen LogP contribution in [0.5, 0.6) is 0 Å². The quantitative estimate of drug-likeness (QED) is 0.345. The summed E-state index contributed by atoms with van der Waals surface area (Å²) in [5, 5.41) is 15.3. The van der Waals surface area contributed by atoms with Gasteiger partial charge in [0.2, 0.25) is 0 Å². The van der Waals surface area contributed by atoms with Gasteiger partial charge in [0.15, 0.2) is 35.2 Å². The van der Waals surface area contributed by atoms with Crippen LogP contribution in [0.2, 0.25) is 0 Å². The number of hydrogen-bond acceptors (Lipinski definition) is 9. The molecule has 1 amide bonds. The van der Waals surface area contributed by atoms with E-state index in [1.807, 2.05) is 43.3 Å². The van der Waals surface area contributed by atoms with E-state index in [9.17, 15) is 9.90 Å². The second kappa shape index (κ2) is 10.6. The Morgan fingerprint density at radius 2 is 1.68 bits per heavy atom. The number of anilines is 1. The average molecular weight is 545 g/mol. The van der Waals surface area contributed by atoms with Crippen molar-refractivity contribution in [2.75, 3.05) is 23.4 Å². The van der Waals surface area contributed by atoms with Gasteiger partial charge in [0.05, 0.1) is 0 Å². The fraction of sp³-hybridized carbons (Fsp3) is 0.379. The summed E-state index contributed by atoms with van der Waals surface area (Å²) in [6, 6.07) is 20.6. The van der Waals surface area contributed by atoms with Gasteiger partial charge in [-0.3, -0.25) is 4.79 Å². The van der Waals surface area contributed by atoms with Gasteiger partial charge >= 0.3 is 0 Å². The first-order valence-corrected chi connectivity index (χ1v) is 13.4. The molecule has 0 spiro atoms. The number of amides is 1. The van der Waals surface area contributed by atoms with Crippen molar-refractivity contribution in [3.63, 3.8) is 0 Å². The lowest BCUT2D eigenvalue weighted by atomic mass is 9.91. The number of fused-ring (bicyclic) bond motifs is 2. The van der Waals surface area contributed by atoms with Crippen molar-refractivity contribution in [3.05, 3.63) is 84.4 Å². The third-order valence-corrected chi connectivity index (χ3v) is 7.28. The van der Waals surface area contributed by atoms with E-state index in [0.29, 0.717) is 30.1 Å². The summed E-state index contributed by atoms with van der Waals surface area (Å²) in [6.07, 6.45) is -0.806. The Hall–Kier alpha value is -3.90. The van der Waals surface area contributed by atoms with Crippen LogP contribution in [-0.4, -0.2) is 74.1 Å². The van der Waals surface area contributed by atoms with E-state index in [0.717, 1.165) is 0 Å². The van der Waals surface area contributed by atoms with Crippen molar-refractivity contribution in [1.82, 2.24) is 19.6 Å². The highest BCUT2D eigenvalue weighted by atomic mass is 16.8. The lowest BCUT2D eigenvalue weighted by molar-refractivity contribution is -0.219. The normalized spacial score (nSPS) is 23.4. The molecule has 2 aliphatic rings. The number of hydrogen-bond donors (Lipinski definition) is 2. The van der Waals surface area contributed by atoms with E-state index in [-0.39, 0.29) is 5.92 Å². The zero-order valence-corrected chi connectivity index (χ0v) is 22.5. The number of aliphatic hydroxyl groups is 1. The molecule has 11 heteroatoms. The second-order valence-corrected chi connectivity index (χ2v) is 10.3. The molecular weight excluding hydrogens is 512 g/mol. The molecule has 2 N–H and O–H groups in total. The number of imidazole rings is 1. The SMILES string of the molecule is CCN(C(=O)[C@H]1O[C@@H](O)[C@@H]2OC(C)(C)O[C@@H]21)n1cnc2c(NCC(c3ccccc3)c3ccccc3)ncnc21. The number of rotatable bonds is 8. The molecule has 6 rings (SSSR count). The van der Waals surface area contributed by atoms with E-state index in [1.165, 1.54) is 28.8 Å². The van der Waals surface area contributed by atoms with Gasteiger partial charge in [0.25, 0.3) is 5.91 Å². The standard InChI is InChI=1S/C29H32N6O5/c1-4-34(27(36)23-22-24(28(37)38-23)40-29(2,3)39-22)35-17-33-21-25(31-16-32-26(21)35)30-15-20(18-11-7-5-8-12-18)19-13-9-6-10-14-19/h5-14,16-17,20,22-24,28,37H,4,15H2,1-3H3,(H,30,31,32)/t22-,23+,24-,28-/m1/s1. The number of nitrogens with zero attached hydrogens (tertiary/aromatic N) is 5. The van der Waals surface area contributed by atoms with Crippen LogP contribution >= 0.6 is 0 Å². The molecule has 11 nitrogen and oxygen atoms in total. The molecule has 0 bridgehead atoms. The van der Waals surface area contributed by atoms with E-state index < -0.39 is 36.3 Å². The summed E-state index contributed by atoms with van der Waals surface area (Å²) in [7, 11) is 0. The van der Waals surface area contributed by atoms with Gasteiger partial charge in [0.1, 0.15) is 24.9 Å². The maximum Gasteiger partial charge on any atom is 0.273 e. The van der Waals surface area contributed by atoms with Crippen LogP contribution in [0, 0.1) is 0 Å². The van der Waals surface area contributed by atoms with Crippen molar-refractivity contribution in [1.29, 1.82) is 0 Å². The van der Waals surface area contributed by atoms with Gasteiger partial charge in [-0.15, -0.1) is 0 Å². The fourth-order valence-electron chi connectivity index (χ4n) is 5.46. The number of aliphatic hydroxyl groups excluding tert-OH is 1. The number of aromatic nitrogens is 4. The first-order chi connectivity index (χ1) is 19.4. The van der Waals surface area contributed by atoms with E-state index in [1.54, 1.807) is 18.5 Å². The zero-order chi connectivity index (χ0) is 27.9. The Kier molecular flexibility index (Phi) is 6.97. The summed E-state index contributed by atoms with van der Waals surface area (Å²) in [6.45, 7) is 6.21. The van der Waals surface area contributed by atoms with Gasteiger partial charge in [-0.25, -0.2) is 24.6 Å². The lowest BCUT2D eigenvalue weighted by Gasteiger charge is -2.27. The highest BCUT2D eigenvalue weighted by Crippen LogP contribution is 2.38. The van der Waals surface area contributed by atoms with Crippen molar-refractivity contribution in [2.24, 2.45) is 0 Å². The number of carbonyl (C=O) groups excluding carboxylic acids is 1. The van der Waals surface area contributed by atoms with Crippen molar-refractivity contribution in [3.8, 4) is 0 Å². The Morgan fingerprint density at radius 3 is 2.33 bits per heavy atom. The molecule has 2 saturated heterocycles. The van der Waals surface area contributed by atoms with Crippen molar-refractivity contribution >= 4 is 22.9 Å². The smallest absolute Gasteiger partial charge is 0.273 e. The molecule has 2 aromatic carbocycles. The van der Waals surface area contributed by atoms with Gasteiger partial charge in [-0.05, 0) is 31.9 Å². The van der Waals surface area contributed by atoms with Crippen LogP contribution in [0.3, 0.4) is 0 Å². The van der Waals surface area contributed by atoms with Crippen molar-refractivity contribution in [2.45, 2.75) is 57.1 Å². The van der Waals surface area contributed by atoms with Gasteiger partial charge in [-0.2, -0.15) is 0 Å². The monoisotopic (exact) mass is 544 g/mol. The molecule has 208 valence electrons. The molecule has 0 saturated carbocycles. The third kappa shape index (κ3) is 4.81. The average Bonchev–Trinajstić information content (AvgIpc) is 3.62. The molecule has 2 fully saturated rings. The van der Waals surface area contributed by atoms with Crippen LogP contribution in [-0.2, 0) is 19.0 Å². The number of carbonyl (C=O) groups is 1. The maximum absolute atomic E-state index is 13.7. The molecule has 2 aromatic heterocycles.